The molecular weight excluding hydrogens is 426 g/mol. The van der Waals surface area contributed by atoms with E-state index < -0.39 is 0 Å². The third-order valence-corrected chi connectivity index (χ3v) is 7.64. The molecule has 2 atom stereocenters. The molecule has 0 radical (unpaired) electrons. The molecule has 2 aromatic rings. The molecule has 5 rings (SSSR count). The van der Waals surface area contributed by atoms with Crippen molar-refractivity contribution in [2.24, 2.45) is 11.8 Å². The molecule has 1 saturated heterocycles. The number of morpholine rings is 1. The number of hydrogen-bond donors (Lipinski definition) is 1. The van der Waals surface area contributed by atoms with Crippen LogP contribution in [-0.2, 0) is 33.8 Å². The van der Waals surface area contributed by atoms with Gasteiger partial charge in [0, 0.05) is 44.3 Å². The second kappa shape index (κ2) is 10.7. The lowest BCUT2D eigenvalue weighted by Gasteiger charge is -2.33. The van der Waals surface area contributed by atoms with E-state index in [0.717, 1.165) is 82.7 Å². The molecule has 0 spiro atoms. The molecule has 1 saturated carbocycles. The summed E-state index contributed by atoms with van der Waals surface area (Å²) in [4.78, 5) is 31.2. The number of benzene rings is 2. The molecule has 2 amide bonds. The van der Waals surface area contributed by atoms with Crippen LogP contribution in [0, 0.1) is 11.8 Å². The van der Waals surface area contributed by atoms with E-state index in [2.05, 4.69) is 34.5 Å². The molecular formula is C28H35N3O3. The third-order valence-electron chi connectivity index (χ3n) is 7.64. The maximum Gasteiger partial charge on any atom is 0.230 e. The lowest BCUT2D eigenvalue weighted by atomic mass is 9.77. The Balaban J connectivity index is 1.24. The molecule has 0 aromatic heterocycles. The molecule has 2 heterocycles. The van der Waals surface area contributed by atoms with Crippen LogP contribution < -0.4 is 10.2 Å². The summed E-state index contributed by atoms with van der Waals surface area (Å²) in [6.45, 7) is 5.52. The molecule has 2 aromatic carbocycles. The molecule has 2 unspecified atom stereocenters. The number of nitrogens with zero attached hydrogens (tertiary/aromatic N) is 2. The largest absolute Gasteiger partial charge is 0.379 e. The summed E-state index contributed by atoms with van der Waals surface area (Å²) in [5, 5.41) is 3.19. The normalized spacial score (nSPS) is 22.9. The van der Waals surface area contributed by atoms with Gasteiger partial charge in [-0.05, 0) is 42.0 Å². The van der Waals surface area contributed by atoms with Gasteiger partial charge in [-0.2, -0.15) is 0 Å². The Labute approximate surface area is 202 Å². The van der Waals surface area contributed by atoms with Crippen molar-refractivity contribution in [1.82, 2.24) is 10.2 Å². The van der Waals surface area contributed by atoms with Crippen molar-refractivity contribution in [1.29, 1.82) is 0 Å². The van der Waals surface area contributed by atoms with Crippen molar-refractivity contribution < 1.29 is 14.3 Å². The quantitative estimate of drug-likeness (QED) is 0.715. The number of ether oxygens (including phenoxy) is 1. The molecule has 34 heavy (non-hydrogen) atoms. The lowest BCUT2D eigenvalue weighted by Crippen LogP contribution is -2.45. The van der Waals surface area contributed by atoms with Crippen LogP contribution in [0.4, 0.5) is 5.69 Å². The smallest absolute Gasteiger partial charge is 0.230 e. The summed E-state index contributed by atoms with van der Waals surface area (Å²) >= 11 is 0. The number of anilines is 1. The molecule has 2 aliphatic heterocycles. The highest BCUT2D eigenvalue weighted by Crippen LogP contribution is 2.36. The topological polar surface area (TPSA) is 61.9 Å². The van der Waals surface area contributed by atoms with Crippen molar-refractivity contribution in [3.63, 3.8) is 0 Å². The lowest BCUT2D eigenvalue weighted by molar-refractivity contribution is -0.135. The fraction of sp³-hybridized carbons (Fsp3) is 0.500. The second-order valence-electron chi connectivity index (χ2n) is 9.74. The molecule has 0 bridgehead atoms. The average Bonchev–Trinajstić information content (AvgIpc) is 3.32. The first-order valence-electron chi connectivity index (χ1n) is 12.7. The number of rotatable bonds is 6. The van der Waals surface area contributed by atoms with Gasteiger partial charge >= 0.3 is 0 Å². The van der Waals surface area contributed by atoms with Gasteiger partial charge in [0.25, 0.3) is 0 Å². The minimum atomic E-state index is -0.250. The summed E-state index contributed by atoms with van der Waals surface area (Å²) in [7, 11) is 0. The third kappa shape index (κ3) is 5.03. The number of carbonyl (C=O) groups is 2. The number of nitrogens with one attached hydrogen (secondary N) is 1. The minimum Gasteiger partial charge on any atom is -0.379 e. The van der Waals surface area contributed by atoms with E-state index in [9.17, 15) is 9.59 Å². The summed E-state index contributed by atoms with van der Waals surface area (Å²) in [5.41, 5.74) is 4.64. The maximum absolute atomic E-state index is 13.6. The standard InChI is InChI=1S/C28H35N3O3/c32-27(29-19-22-8-1-2-9-23(22)20-30-15-17-34-18-16-30)24-10-4-5-11-25(24)28(33)31-14-13-21-7-3-6-12-26(21)31/h1-3,6-9,12,24-25H,4-5,10-11,13-20H2,(H,29,32). The molecule has 1 aliphatic carbocycles. The maximum atomic E-state index is 13.6. The Morgan fingerprint density at radius 1 is 0.882 bits per heavy atom. The number of hydrogen-bond acceptors (Lipinski definition) is 4. The Hall–Kier alpha value is -2.70. The number of fused-ring (bicyclic) bond motifs is 1. The van der Waals surface area contributed by atoms with Crippen LogP contribution in [-0.4, -0.2) is 49.6 Å². The predicted octanol–water partition coefficient (Wildman–Crippen LogP) is 3.53. The van der Waals surface area contributed by atoms with E-state index >= 15 is 0 Å². The zero-order valence-electron chi connectivity index (χ0n) is 19.9. The van der Waals surface area contributed by atoms with Crippen molar-refractivity contribution >= 4 is 17.5 Å². The van der Waals surface area contributed by atoms with Crippen LogP contribution in [0.2, 0.25) is 0 Å². The Morgan fingerprint density at radius 2 is 1.59 bits per heavy atom. The average molecular weight is 462 g/mol. The number of para-hydroxylation sites is 1. The molecule has 3 aliphatic rings. The van der Waals surface area contributed by atoms with Crippen molar-refractivity contribution in [3.05, 3.63) is 65.2 Å². The monoisotopic (exact) mass is 461 g/mol. The molecule has 1 N–H and O–H groups in total. The van der Waals surface area contributed by atoms with Gasteiger partial charge in [0.15, 0.2) is 0 Å². The fourth-order valence-electron chi connectivity index (χ4n) is 5.71. The fourth-order valence-corrected chi connectivity index (χ4v) is 5.71. The van der Waals surface area contributed by atoms with Gasteiger partial charge in [0.1, 0.15) is 0 Å². The highest BCUT2D eigenvalue weighted by molar-refractivity contribution is 5.99. The number of amides is 2. The van der Waals surface area contributed by atoms with Crippen LogP contribution in [0.3, 0.4) is 0 Å². The van der Waals surface area contributed by atoms with Crippen LogP contribution >= 0.6 is 0 Å². The highest BCUT2D eigenvalue weighted by Gasteiger charge is 2.39. The summed E-state index contributed by atoms with van der Waals surface area (Å²) in [6, 6.07) is 16.5. The van der Waals surface area contributed by atoms with Crippen LogP contribution in [0.1, 0.15) is 42.4 Å². The molecule has 2 fully saturated rings. The first-order valence-corrected chi connectivity index (χ1v) is 12.7. The van der Waals surface area contributed by atoms with Gasteiger partial charge in [-0.1, -0.05) is 55.3 Å². The van der Waals surface area contributed by atoms with Crippen molar-refractivity contribution in [2.75, 3.05) is 37.7 Å². The Morgan fingerprint density at radius 3 is 2.41 bits per heavy atom. The minimum absolute atomic E-state index is 0.0201. The van der Waals surface area contributed by atoms with Crippen LogP contribution in [0.25, 0.3) is 0 Å². The number of carbonyl (C=O) groups excluding carboxylic acids is 2. The van der Waals surface area contributed by atoms with Gasteiger partial charge in [-0.3, -0.25) is 14.5 Å². The van der Waals surface area contributed by atoms with E-state index in [1.165, 1.54) is 11.1 Å². The van der Waals surface area contributed by atoms with E-state index in [1.54, 1.807) is 0 Å². The van der Waals surface area contributed by atoms with Gasteiger partial charge in [0.2, 0.25) is 11.8 Å². The van der Waals surface area contributed by atoms with Crippen molar-refractivity contribution in [3.8, 4) is 0 Å². The summed E-state index contributed by atoms with van der Waals surface area (Å²) < 4.78 is 5.47. The highest BCUT2D eigenvalue weighted by atomic mass is 16.5. The SMILES string of the molecule is O=C(NCc1ccccc1CN1CCOCC1)C1CCCCC1C(=O)N1CCc2ccccc21. The van der Waals surface area contributed by atoms with E-state index in [1.807, 2.05) is 29.2 Å². The first kappa shape index (κ1) is 23.1. The Kier molecular flexibility index (Phi) is 7.26. The predicted molar refractivity (Wildman–Crippen MR) is 132 cm³/mol. The molecule has 180 valence electrons. The van der Waals surface area contributed by atoms with E-state index in [0.29, 0.717) is 6.54 Å². The molecule has 6 nitrogen and oxygen atoms in total. The summed E-state index contributed by atoms with van der Waals surface area (Å²) in [5.74, 6) is -0.340. The molecule has 6 heteroatoms. The van der Waals surface area contributed by atoms with Gasteiger partial charge < -0.3 is 15.0 Å². The van der Waals surface area contributed by atoms with Crippen molar-refractivity contribution in [2.45, 2.75) is 45.2 Å². The second-order valence-corrected chi connectivity index (χ2v) is 9.74. The van der Waals surface area contributed by atoms with E-state index in [-0.39, 0.29) is 23.7 Å². The van der Waals surface area contributed by atoms with E-state index in [4.69, 9.17) is 4.74 Å². The zero-order chi connectivity index (χ0) is 23.3. The van der Waals surface area contributed by atoms with Crippen LogP contribution in [0.15, 0.2) is 48.5 Å². The van der Waals surface area contributed by atoms with Gasteiger partial charge in [-0.15, -0.1) is 0 Å². The van der Waals surface area contributed by atoms with Gasteiger partial charge in [-0.25, -0.2) is 0 Å². The Bertz CT molecular complexity index is 1020. The summed E-state index contributed by atoms with van der Waals surface area (Å²) in [6.07, 6.45) is 4.49. The van der Waals surface area contributed by atoms with Crippen LogP contribution in [0.5, 0.6) is 0 Å². The van der Waals surface area contributed by atoms with Gasteiger partial charge in [0.05, 0.1) is 19.1 Å². The zero-order valence-corrected chi connectivity index (χ0v) is 19.9. The first-order chi connectivity index (χ1) is 16.7.